The summed E-state index contributed by atoms with van der Waals surface area (Å²) < 4.78 is 5.50. The van der Waals surface area contributed by atoms with E-state index in [1.807, 2.05) is 12.1 Å². The molecule has 1 aromatic heterocycles. The molecule has 0 radical (unpaired) electrons. The molecule has 0 aliphatic carbocycles. The molecule has 3 heteroatoms. The summed E-state index contributed by atoms with van der Waals surface area (Å²) in [7, 11) is 1.70. The molecule has 0 bridgehead atoms. The number of methoxy groups -OCH3 is 1. The lowest BCUT2D eigenvalue weighted by Crippen LogP contribution is -2.13. The first-order valence-electron chi connectivity index (χ1n) is 7.58. The Morgan fingerprint density at radius 2 is 1.86 bits per heavy atom. The zero-order valence-corrected chi connectivity index (χ0v) is 12.8. The Morgan fingerprint density at radius 3 is 2.64 bits per heavy atom. The smallest absolute Gasteiger partial charge is 0.145 e. The maximum Gasteiger partial charge on any atom is 0.145 e. The Balaban J connectivity index is 2.01. The SMILES string of the molecule is COc1cccc2c3c(c(C)nc12)CCN3c1ccccc1. The van der Waals surface area contributed by atoms with E-state index in [-0.39, 0.29) is 0 Å². The van der Waals surface area contributed by atoms with Gasteiger partial charge in [0, 0.05) is 23.3 Å². The van der Waals surface area contributed by atoms with Crippen molar-refractivity contribution in [2.24, 2.45) is 0 Å². The number of aryl methyl sites for hydroxylation is 1. The number of hydrogen-bond acceptors (Lipinski definition) is 3. The van der Waals surface area contributed by atoms with Gasteiger partial charge in [-0.15, -0.1) is 0 Å². The van der Waals surface area contributed by atoms with Crippen molar-refractivity contribution in [3.8, 4) is 5.75 Å². The standard InChI is InChI=1S/C19H18N2O/c1-13-15-11-12-21(14-7-4-3-5-8-14)19(15)16-9-6-10-17(22-2)18(16)20-13/h3-10H,11-12H2,1-2H3. The molecule has 0 saturated carbocycles. The lowest BCUT2D eigenvalue weighted by molar-refractivity contribution is 0.419. The summed E-state index contributed by atoms with van der Waals surface area (Å²) in [6.07, 6.45) is 1.04. The molecule has 1 aliphatic rings. The van der Waals surface area contributed by atoms with Gasteiger partial charge in [-0.05, 0) is 37.1 Å². The molecule has 2 heterocycles. The predicted octanol–water partition coefficient (Wildman–Crippen LogP) is 4.25. The highest BCUT2D eigenvalue weighted by atomic mass is 16.5. The largest absolute Gasteiger partial charge is 0.494 e. The van der Waals surface area contributed by atoms with Crippen LogP contribution in [0.15, 0.2) is 48.5 Å². The molecule has 22 heavy (non-hydrogen) atoms. The summed E-state index contributed by atoms with van der Waals surface area (Å²) in [5, 5.41) is 1.17. The van der Waals surface area contributed by atoms with Crippen LogP contribution < -0.4 is 9.64 Å². The second-order valence-corrected chi connectivity index (χ2v) is 5.62. The molecule has 2 aromatic carbocycles. The van der Waals surface area contributed by atoms with Crippen LogP contribution in [0.3, 0.4) is 0 Å². The number of para-hydroxylation sites is 2. The van der Waals surface area contributed by atoms with Crippen molar-refractivity contribution >= 4 is 22.3 Å². The predicted molar refractivity (Wildman–Crippen MR) is 90.2 cm³/mol. The molecule has 0 atom stereocenters. The van der Waals surface area contributed by atoms with Crippen LogP contribution in [0.1, 0.15) is 11.3 Å². The number of rotatable bonds is 2. The van der Waals surface area contributed by atoms with E-state index in [0.29, 0.717) is 0 Å². The highest BCUT2D eigenvalue weighted by molar-refractivity contribution is 5.99. The summed E-state index contributed by atoms with van der Waals surface area (Å²) in [6, 6.07) is 16.7. The van der Waals surface area contributed by atoms with Crippen molar-refractivity contribution in [2.45, 2.75) is 13.3 Å². The second-order valence-electron chi connectivity index (χ2n) is 5.62. The van der Waals surface area contributed by atoms with E-state index in [0.717, 1.165) is 29.9 Å². The van der Waals surface area contributed by atoms with Gasteiger partial charge in [0.15, 0.2) is 0 Å². The van der Waals surface area contributed by atoms with Crippen LogP contribution in [0.25, 0.3) is 10.9 Å². The fourth-order valence-corrected chi connectivity index (χ4v) is 3.37. The van der Waals surface area contributed by atoms with Crippen LogP contribution in [0, 0.1) is 6.92 Å². The van der Waals surface area contributed by atoms with Gasteiger partial charge in [0.2, 0.25) is 0 Å². The average molecular weight is 290 g/mol. The van der Waals surface area contributed by atoms with E-state index in [1.54, 1.807) is 7.11 Å². The minimum atomic E-state index is 0.836. The summed E-state index contributed by atoms with van der Waals surface area (Å²) >= 11 is 0. The van der Waals surface area contributed by atoms with E-state index in [1.165, 1.54) is 22.3 Å². The van der Waals surface area contributed by atoms with E-state index in [4.69, 9.17) is 9.72 Å². The van der Waals surface area contributed by atoms with E-state index in [2.05, 4.69) is 48.2 Å². The van der Waals surface area contributed by atoms with Crippen molar-refractivity contribution in [3.63, 3.8) is 0 Å². The van der Waals surface area contributed by atoms with E-state index in [9.17, 15) is 0 Å². The maximum absolute atomic E-state index is 5.50. The molecule has 3 nitrogen and oxygen atoms in total. The van der Waals surface area contributed by atoms with Gasteiger partial charge in [-0.25, -0.2) is 4.98 Å². The average Bonchev–Trinajstić information content (AvgIpc) is 3.01. The first-order valence-corrected chi connectivity index (χ1v) is 7.58. The highest BCUT2D eigenvalue weighted by Gasteiger charge is 2.26. The van der Waals surface area contributed by atoms with Gasteiger partial charge >= 0.3 is 0 Å². The molecule has 4 rings (SSSR count). The van der Waals surface area contributed by atoms with Crippen LogP contribution in [0.2, 0.25) is 0 Å². The number of aromatic nitrogens is 1. The fraction of sp³-hybridized carbons (Fsp3) is 0.211. The Labute approximate surface area is 130 Å². The molecule has 0 spiro atoms. The molecule has 1 aliphatic heterocycles. The van der Waals surface area contributed by atoms with Crippen molar-refractivity contribution in [1.82, 2.24) is 4.98 Å². The van der Waals surface area contributed by atoms with Gasteiger partial charge in [0.05, 0.1) is 12.8 Å². The van der Waals surface area contributed by atoms with Crippen LogP contribution in [0.4, 0.5) is 11.4 Å². The Bertz CT molecular complexity index is 843. The lowest BCUT2D eigenvalue weighted by Gasteiger charge is -2.22. The number of fused-ring (bicyclic) bond motifs is 3. The monoisotopic (exact) mass is 290 g/mol. The lowest BCUT2D eigenvalue weighted by atomic mass is 10.1. The minimum Gasteiger partial charge on any atom is -0.494 e. The minimum absolute atomic E-state index is 0.836. The third-order valence-corrected chi connectivity index (χ3v) is 4.40. The number of anilines is 2. The van der Waals surface area contributed by atoms with E-state index < -0.39 is 0 Å². The number of ether oxygens (including phenoxy) is 1. The zero-order valence-electron chi connectivity index (χ0n) is 12.8. The second kappa shape index (κ2) is 5.02. The van der Waals surface area contributed by atoms with Crippen molar-refractivity contribution in [1.29, 1.82) is 0 Å². The Morgan fingerprint density at radius 1 is 1.05 bits per heavy atom. The first kappa shape index (κ1) is 13.1. The topological polar surface area (TPSA) is 25.4 Å². The number of benzene rings is 2. The maximum atomic E-state index is 5.50. The summed E-state index contributed by atoms with van der Waals surface area (Å²) in [5.74, 6) is 0.836. The first-order chi connectivity index (χ1) is 10.8. The third-order valence-electron chi connectivity index (χ3n) is 4.40. The van der Waals surface area contributed by atoms with Gasteiger partial charge < -0.3 is 9.64 Å². The fourth-order valence-electron chi connectivity index (χ4n) is 3.37. The third kappa shape index (κ3) is 1.86. The zero-order chi connectivity index (χ0) is 15.1. The Hall–Kier alpha value is -2.55. The van der Waals surface area contributed by atoms with Gasteiger partial charge in [-0.3, -0.25) is 0 Å². The molecular formula is C19H18N2O. The molecule has 0 saturated heterocycles. The molecule has 110 valence electrons. The molecule has 0 N–H and O–H groups in total. The van der Waals surface area contributed by atoms with Crippen LogP contribution in [-0.2, 0) is 6.42 Å². The van der Waals surface area contributed by atoms with Gasteiger partial charge in [0.25, 0.3) is 0 Å². The van der Waals surface area contributed by atoms with Crippen LogP contribution in [-0.4, -0.2) is 18.6 Å². The highest BCUT2D eigenvalue weighted by Crippen LogP contribution is 2.42. The van der Waals surface area contributed by atoms with Crippen LogP contribution >= 0.6 is 0 Å². The molecule has 3 aromatic rings. The quantitative estimate of drug-likeness (QED) is 0.705. The van der Waals surface area contributed by atoms with Gasteiger partial charge in [0.1, 0.15) is 11.3 Å². The van der Waals surface area contributed by atoms with Gasteiger partial charge in [-0.1, -0.05) is 30.3 Å². The molecule has 0 fully saturated rings. The number of pyridine rings is 1. The van der Waals surface area contributed by atoms with E-state index >= 15 is 0 Å². The summed E-state index contributed by atoms with van der Waals surface area (Å²) in [6.45, 7) is 3.09. The summed E-state index contributed by atoms with van der Waals surface area (Å²) in [5.41, 5.74) is 5.92. The number of nitrogens with zero attached hydrogens (tertiary/aromatic N) is 2. The van der Waals surface area contributed by atoms with Gasteiger partial charge in [-0.2, -0.15) is 0 Å². The summed E-state index contributed by atoms with van der Waals surface area (Å²) in [4.78, 5) is 7.19. The Kier molecular flexibility index (Phi) is 3.00. The number of hydrogen-bond donors (Lipinski definition) is 0. The van der Waals surface area contributed by atoms with Crippen molar-refractivity contribution in [2.75, 3.05) is 18.6 Å². The molecule has 0 unspecified atom stereocenters. The van der Waals surface area contributed by atoms with Crippen LogP contribution in [0.5, 0.6) is 5.75 Å². The molecular weight excluding hydrogens is 272 g/mol. The van der Waals surface area contributed by atoms with Crippen molar-refractivity contribution in [3.05, 3.63) is 59.8 Å². The normalized spacial score (nSPS) is 13.5. The van der Waals surface area contributed by atoms with Crippen molar-refractivity contribution < 1.29 is 4.74 Å². The molecule has 0 amide bonds.